The number of nitrogens with zero attached hydrogens (tertiary/aromatic N) is 3. The van der Waals surface area contributed by atoms with E-state index >= 15 is 4.39 Å². The number of hydrogen-bond donors (Lipinski definition) is 2. The van der Waals surface area contributed by atoms with E-state index in [1.807, 2.05) is 37.3 Å². The number of hydrogen-bond acceptors (Lipinski definition) is 5. The topological polar surface area (TPSA) is 91.1 Å². The molecule has 3 aromatic rings. The smallest absolute Gasteiger partial charge is 0.227 e. The number of para-hydroxylation sites is 1. The zero-order chi connectivity index (χ0) is 22.7. The SMILES string of the molecule is CC1CCC(=O)N1c1ccc(-n2ccc(=O)c(/C(=C/C=N)Nc3ccccc3)n2)c(F)c1. The summed E-state index contributed by atoms with van der Waals surface area (Å²) >= 11 is 0. The molecule has 1 aromatic heterocycles. The van der Waals surface area contributed by atoms with Crippen LogP contribution in [0.1, 0.15) is 25.5 Å². The molecule has 0 aliphatic carbocycles. The summed E-state index contributed by atoms with van der Waals surface area (Å²) in [6, 6.07) is 15.0. The first-order valence-corrected chi connectivity index (χ1v) is 10.2. The summed E-state index contributed by atoms with van der Waals surface area (Å²) in [5.74, 6) is -0.591. The summed E-state index contributed by atoms with van der Waals surface area (Å²) in [4.78, 5) is 26.3. The van der Waals surface area contributed by atoms with Gasteiger partial charge in [-0.3, -0.25) is 9.59 Å². The third kappa shape index (κ3) is 4.20. The second kappa shape index (κ2) is 8.97. The van der Waals surface area contributed by atoms with Crippen molar-refractivity contribution in [2.45, 2.75) is 25.8 Å². The number of allylic oxidation sites excluding steroid dienone is 1. The van der Waals surface area contributed by atoms with Gasteiger partial charge in [0.2, 0.25) is 11.3 Å². The van der Waals surface area contributed by atoms with Gasteiger partial charge in [-0.2, -0.15) is 5.10 Å². The van der Waals surface area contributed by atoms with Crippen molar-refractivity contribution in [1.82, 2.24) is 9.78 Å². The molecule has 1 atom stereocenters. The van der Waals surface area contributed by atoms with Gasteiger partial charge in [-0.15, -0.1) is 0 Å². The molecule has 0 saturated carbocycles. The predicted octanol–water partition coefficient (Wildman–Crippen LogP) is 3.99. The highest BCUT2D eigenvalue weighted by atomic mass is 19.1. The van der Waals surface area contributed by atoms with E-state index in [0.29, 0.717) is 17.8 Å². The first-order chi connectivity index (χ1) is 15.5. The molecule has 0 spiro atoms. The van der Waals surface area contributed by atoms with Gasteiger partial charge in [0.25, 0.3) is 0 Å². The predicted molar refractivity (Wildman–Crippen MR) is 123 cm³/mol. The Morgan fingerprint density at radius 1 is 1.19 bits per heavy atom. The molecule has 1 amide bonds. The van der Waals surface area contributed by atoms with Crippen LogP contribution in [0.4, 0.5) is 15.8 Å². The highest BCUT2D eigenvalue weighted by Gasteiger charge is 2.29. The summed E-state index contributed by atoms with van der Waals surface area (Å²) in [5.41, 5.74) is 1.36. The molecule has 2 N–H and O–H groups in total. The molecule has 1 fully saturated rings. The minimum atomic E-state index is -0.565. The molecule has 1 unspecified atom stereocenters. The molecule has 8 heteroatoms. The molecule has 1 aliphatic rings. The van der Waals surface area contributed by atoms with E-state index in [1.165, 1.54) is 35.2 Å². The molecule has 162 valence electrons. The van der Waals surface area contributed by atoms with E-state index in [9.17, 15) is 9.59 Å². The fourth-order valence-corrected chi connectivity index (χ4v) is 3.73. The number of benzene rings is 2. The lowest BCUT2D eigenvalue weighted by Gasteiger charge is -2.22. The van der Waals surface area contributed by atoms with Crippen LogP contribution in [0.15, 0.2) is 71.7 Å². The second-order valence-corrected chi connectivity index (χ2v) is 7.50. The van der Waals surface area contributed by atoms with Crippen LogP contribution in [0.2, 0.25) is 0 Å². The van der Waals surface area contributed by atoms with Gasteiger partial charge >= 0.3 is 0 Å². The van der Waals surface area contributed by atoms with Crippen molar-refractivity contribution in [1.29, 1.82) is 5.41 Å². The Bertz CT molecular complexity index is 1250. The van der Waals surface area contributed by atoms with Crippen LogP contribution in [0.25, 0.3) is 11.4 Å². The van der Waals surface area contributed by atoms with Crippen molar-refractivity contribution in [3.8, 4) is 5.69 Å². The van der Waals surface area contributed by atoms with Gasteiger partial charge in [-0.1, -0.05) is 18.2 Å². The van der Waals surface area contributed by atoms with Gasteiger partial charge in [0.15, 0.2) is 11.5 Å². The van der Waals surface area contributed by atoms with Crippen LogP contribution in [0, 0.1) is 11.2 Å². The molecule has 0 radical (unpaired) electrons. The van der Waals surface area contributed by atoms with Gasteiger partial charge in [-0.05, 0) is 49.8 Å². The van der Waals surface area contributed by atoms with Crippen molar-refractivity contribution in [3.05, 3.63) is 88.6 Å². The molecule has 2 heterocycles. The van der Waals surface area contributed by atoms with Crippen molar-refractivity contribution < 1.29 is 9.18 Å². The Kier molecular flexibility index (Phi) is 5.93. The minimum Gasteiger partial charge on any atom is -0.354 e. The number of carbonyl (C=O) groups excluding carboxylic acids is 1. The lowest BCUT2D eigenvalue weighted by molar-refractivity contribution is -0.117. The average molecular weight is 431 g/mol. The minimum absolute atomic E-state index is 0.0164. The molecule has 1 aliphatic heterocycles. The zero-order valence-electron chi connectivity index (χ0n) is 17.5. The number of aromatic nitrogens is 2. The van der Waals surface area contributed by atoms with E-state index in [1.54, 1.807) is 11.0 Å². The summed E-state index contributed by atoms with van der Waals surface area (Å²) in [6.07, 6.45) is 5.04. The van der Waals surface area contributed by atoms with E-state index in [2.05, 4.69) is 10.4 Å². The Morgan fingerprint density at radius 2 is 1.97 bits per heavy atom. The summed E-state index contributed by atoms with van der Waals surface area (Å²) in [7, 11) is 0. The summed E-state index contributed by atoms with van der Waals surface area (Å²) in [5, 5.41) is 14.8. The molecule has 7 nitrogen and oxygen atoms in total. The molecular weight excluding hydrogens is 409 g/mol. The van der Waals surface area contributed by atoms with Crippen LogP contribution in [0.3, 0.4) is 0 Å². The maximum Gasteiger partial charge on any atom is 0.227 e. The highest BCUT2D eigenvalue weighted by molar-refractivity contribution is 5.96. The summed E-state index contributed by atoms with van der Waals surface area (Å²) < 4.78 is 16.3. The average Bonchev–Trinajstić information content (AvgIpc) is 3.12. The Balaban J connectivity index is 1.70. The van der Waals surface area contributed by atoms with E-state index in [-0.39, 0.29) is 28.8 Å². The highest BCUT2D eigenvalue weighted by Crippen LogP contribution is 2.28. The number of halogens is 1. The van der Waals surface area contributed by atoms with E-state index in [0.717, 1.165) is 18.3 Å². The van der Waals surface area contributed by atoms with Gasteiger partial charge in [-0.25, -0.2) is 9.07 Å². The maximum atomic E-state index is 15.0. The first-order valence-electron chi connectivity index (χ1n) is 10.2. The molecule has 4 rings (SSSR count). The van der Waals surface area contributed by atoms with Crippen LogP contribution in [0.5, 0.6) is 0 Å². The number of anilines is 2. The van der Waals surface area contributed by atoms with Crippen molar-refractivity contribution in [2.75, 3.05) is 10.2 Å². The monoisotopic (exact) mass is 431 g/mol. The molecule has 2 aromatic carbocycles. The van der Waals surface area contributed by atoms with Gasteiger partial charge in [0, 0.05) is 42.3 Å². The van der Waals surface area contributed by atoms with Crippen LogP contribution in [-0.4, -0.2) is 27.9 Å². The Hall–Kier alpha value is -4.07. The fraction of sp³-hybridized carbons (Fsp3) is 0.167. The number of carbonyl (C=O) groups is 1. The molecule has 1 saturated heterocycles. The largest absolute Gasteiger partial charge is 0.354 e. The summed E-state index contributed by atoms with van der Waals surface area (Å²) in [6.45, 7) is 1.93. The van der Waals surface area contributed by atoms with Gasteiger partial charge in [0.1, 0.15) is 5.69 Å². The Labute approximate surface area is 184 Å². The number of nitrogens with one attached hydrogen (secondary N) is 2. The Morgan fingerprint density at radius 3 is 2.62 bits per heavy atom. The number of rotatable bonds is 6. The standard InChI is InChI=1S/C24H22FN5O2/c1-16-7-10-23(32)30(16)18-8-9-21(19(25)15-18)29-14-12-22(31)24(28-29)20(11-13-26)27-17-5-3-2-4-6-17/h2-6,8-9,11-16,26-27H,7,10H2,1H3/b20-11-,26-13?. The fourth-order valence-electron chi connectivity index (χ4n) is 3.73. The van der Waals surface area contributed by atoms with Crippen LogP contribution < -0.4 is 15.6 Å². The van der Waals surface area contributed by atoms with Crippen molar-refractivity contribution >= 4 is 29.2 Å². The van der Waals surface area contributed by atoms with E-state index < -0.39 is 5.82 Å². The normalized spacial score (nSPS) is 16.3. The lowest BCUT2D eigenvalue weighted by atomic mass is 10.2. The maximum absolute atomic E-state index is 15.0. The molecule has 32 heavy (non-hydrogen) atoms. The zero-order valence-corrected chi connectivity index (χ0v) is 17.5. The van der Waals surface area contributed by atoms with Crippen molar-refractivity contribution in [3.63, 3.8) is 0 Å². The van der Waals surface area contributed by atoms with Crippen LogP contribution in [-0.2, 0) is 4.79 Å². The number of amides is 1. The molecule has 0 bridgehead atoms. The third-order valence-corrected chi connectivity index (χ3v) is 5.31. The van der Waals surface area contributed by atoms with Crippen LogP contribution >= 0.6 is 0 Å². The van der Waals surface area contributed by atoms with Gasteiger partial charge in [0.05, 0.1) is 5.70 Å². The van der Waals surface area contributed by atoms with Crippen molar-refractivity contribution in [2.24, 2.45) is 0 Å². The lowest BCUT2D eigenvalue weighted by Crippen LogP contribution is -2.30. The third-order valence-electron chi connectivity index (χ3n) is 5.31. The molecular formula is C24H22FN5O2. The first kappa shape index (κ1) is 21.2. The second-order valence-electron chi connectivity index (χ2n) is 7.50. The van der Waals surface area contributed by atoms with Gasteiger partial charge < -0.3 is 15.6 Å². The quantitative estimate of drug-likeness (QED) is 0.578. The van der Waals surface area contributed by atoms with E-state index in [4.69, 9.17) is 5.41 Å².